The Kier molecular flexibility index (Phi) is 3.79. The summed E-state index contributed by atoms with van der Waals surface area (Å²) in [6.45, 7) is 2.59. The summed E-state index contributed by atoms with van der Waals surface area (Å²) in [6, 6.07) is 16.0. The van der Waals surface area contributed by atoms with Crippen LogP contribution in [0.1, 0.15) is 5.56 Å². The maximum Gasteiger partial charge on any atom is 0.162 e. The smallest absolute Gasteiger partial charge is 0.162 e. The summed E-state index contributed by atoms with van der Waals surface area (Å²) in [5.41, 5.74) is 3.06. The first kappa shape index (κ1) is 13.5. The zero-order valence-electron chi connectivity index (χ0n) is 11.9. The molecule has 2 aromatic carbocycles. The standard InChI is InChI=1S/C17H17N3O/c1-12-5-4-6-13(11-12)16-19-15-8-3-2-7-14(15)17(20-16)18-9-10-21/h2-8,11,21H,9-10H2,1H3,(H,18,19,20). The lowest BCUT2D eigenvalue weighted by Crippen LogP contribution is -2.08. The van der Waals surface area contributed by atoms with E-state index < -0.39 is 0 Å². The van der Waals surface area contributed by atoms with E-state index in [0.717, 1.165) is 22.3 Å². The number of nitrogens with one attached hydrogen (secondary N) is 1. The monoisotopic (exact) mass is 279 g/mol. The fourth-order valence-electron chi connectivity index (χ4n) is 2.30. The van der Waals surface area contributed by atoms with Gasteiger partial charge in [-0.1, -0.05) is 35.9 Å². The van der Waals surface area contributed by atoms with Crippen LogP contribution < -0.4 is 5.32 Å². The summed E-state index contributed by atoms with van der Waals surface area (Å²) in [6.07, 6.45) is 0. The van der Waals surface area contributed by atoms with Gasteiger partial charge in [-0.25, -0.2) is 9.97 Å². The van der Waals surface area contributed by atoms with E-state index in [1.807, 2.05) is 36.4 Å². The molecule has 3 aromatic rings. The van der Waals surface area contributed by atoms with Crippen molar-refractivity contribution >= 4 is 16.7 Å². The highest BCUT2D eigenvalue weighted by molar-refractivity contribution is 5.90. The lowest BCUT2D eigenvalue weighted by atomic mass is 10.1. The molecular weight excluding hydrogens is 262 g/mol. The van der Waals surface area contributed by atoms with Crippen LogP contribution in [0.3, 0.4) is 0 Å². The number of para-hydroxylation sites is 1. The van der Waals surface area contributed by atoms with Gasteiger partial charge in [0.1, 0.15) is 5.82 Å². The first-order valence-corrected chi connectivity index (χ1v) is 6.96. The highest BCUT2D eigenvalue weighted by Crippen LogP contribution is 2.25. The van der Waals surface area contributed by atoms with Gasteiger partial charge < -0.3 is 10.4 Å². The predicted molar refractivity (Wildman–Crippen MR) is 85.3 cm³/mol. The van der Waals surface area contributed by atoms with Gasteiger partial charge in [-0.05, 0) is 25.1 Å². The number of fused-ring (bicyclic) bond motifs is 1. The minimum absolute atomic E-state index is 0.0676. The van der Waals surface area contributed by atoms with Crippen molar-refractivity contribution in [2.45, 2.75) is 6.92 Å². The fraction of sp³-hybridized carbons (Fsp3) is 0.176. The van der Waals surface area contributed by atoms with Crippen LogP contribution in [0.15, 0.2) is 48.5 Å². The molecule has 0 aliphatic heterocycles. The Morgan fingerprint density at radius 3 is 2.71 bits per heavy atom. The Morgan fingerprint density at radius 1 is 1.05 bits per heavy atom. The Bertz CT molecular complexity index is 771. The van der Waals surface area contributed by atoms with Crippen molar-refractivity contribution in [2.75, 3.05) is 18.5 Å². The highest BCUT2D eigenvalue weighted by Gasteiger charge is 2.08. The molecule has 21 heavy (non-hydrogen) atoms. The summed E-state index contributed by atoms with van der Waals surface area (Å²) >= 11 is 0. The SMILES string of the molecule is Cc1cccc(-c2nc(NCCO)c3ccccc3n2)c1. The highest BCUT2D eigenvalue weighted by atomic mass is 16.3. The van der Waals surface area contributed by atoms with Crippen molar-refractivity contribution in [2.24, 2.45) is 0 Å². The van der Waals surface area contributed by atoms with E-state index in [1.165, 1.54) is 5.56 Å². The van der Waals surface area contributed by atoms with Crippen molar-refractivity contribution in [3.05, 3.63) is 54.1 Å². The third kappa shape index (κ3) is 2.85. The number of rotatable bonds is 4. The number of aliphatic hydroxyl groups excluding tert-OH is 1. The van der Waals surface area contributed by atoms with E-state index in [0.29, 0.717) is 12.4 Å². The van der Waals surface area contributed by atoms with E-state index in [9.17, 15) is 0 Å². The summed E-state index contributed by atoms with van der Waals surface area (Å²) in [5, 5.41) is 13.1. The van der Waals surface area contributed by atoms with E-state index in [4.69, 9.17) is 5.11 Å². The Labute approximate surface area is 123 Å². The van der Waals surface area contributed by atoms with Gasteiger partial charge in [0.05, 0.1) is 12.1 Å². The number of benzene rings is 2. The number of hydrogen-bond donors (Lipinski definition) is 2. The fourth-order valence-corrected chi connectivity index (χ4v) is 2.30. The van der Waals surface area contributed by atoms with Crippen LogP contribution in [0.4, 0.5) is 5.82 Å². The van der Waals surface area contributed by atoms with Crippen molar-refractivity contribution in [3.63, 3.8) is 0 Å². The molecule has 0 saturated heterocycles. The molecule has 0 saturated carbocycles. The normalized spacial score (nSPS) is 10.8. The van der Waals surface area contributed by atoms with Gasteiger partial charge in [0, 0.05) is 17.5 Å². The molecule has 0 aliphatic rings. The number of aryl methyl sites for hydroxylation is 1. The molecule has 3 rings (SSSR count). The first-order chi connectivity index (χ1) is 10.3. The van der Waals surface area contributed by atoms with Gasteiger partial charge in [0.15, 0.2) is 5.82 Å². The molecule has 0 bridgehead atoms. The molecule has 0 amide bonds. The van der Waals surface area contributed by atoms with Gasteiger partial charge in [0.2, 0.25) is 0 Å². The summed E-state index contributed by atoms with van der Waals surface area (Å²) in [4.78, 5) is 9.26. The number of aliphatic hydroxyl groups is 1. The molecule has 0 atom stereocenters. The quantitative estimate of drug-likeness (QED) is 0.770. The molecule has 0 fully saturated rings. The van der Waals surface area contributed by atoms with Crippen LogP contribution in [0.25, 0.3) is 22.3 Å². The summed E-state index contributed by atoms with van der Waals surface area (Å²) in [5.74, 6) is 1.45. The maximum absolute atomic E-state index is 9.02. The first-order valence-electron chi connectivity index (χ1n) is 6.96. The van der Waals surface area contributed by atoms with Crippen molar-refractivity contribution < 1.29 is 5.11 Å². The van der Waals surface area contributed by atoms with Crippen LogP contribution >= 0.6 is 0 Å². The van der Waals surface area contributed by atoms with Crippen LogP contribution in [0.2, 0.25) is 0 Å². The van der Waals surface area contributed by atoms with E-state index in [1.54, 1.807) is 0 Å². The molecule has 0 spiro atoms. The average molecular weight is 279 g/mol. The summed E-state index contributed by atoms with van der Waals surface area (Å²) in [7, 11) is 0. The van der Waals surface area contributed by atoms with E-state index in [2.05, 4.69) is 34.3 Å². The molecule has 106 valence electrons. The molecule has 1 heterocycles. The predicted octanol–water partition coefficient (Wildman–Crippen LogP) is 3.01. The second-order valence-electron chi connectivity index (χ2n) is 4.93. The Balaban J connectivity index is 2.15. The van der Waals surface area contributed by atoms with Gasteiger partial charge >= 0.3 is 0 Å². The van der Waals surface area contributed by atoms with Gasteiger partial charge in [-0.2, -0.15) is 0 Å². The van der Waals surface area contributed by atoms with Gasteiger partial charge in [-0.3, -0.25) is 0 Å². The third-order valence-electron chi connectivity index (χ3n) is 3.28. The lowest BCUT2D eigenvalue weighted by molar-refractivity contribution is 0.311. The Morgan fingerprint density at radius 2 is 1.90 bits per heavy atom. The zero-order chi connectivity index (χ0) is 14.7. The van der Waals surface area contributed by atoms with Crippen LogP contribution in [-0.2, 0) is 0 Å². The van der Waals surface area contributed by atoms with E-state index in [-0.39, 0.29) is 6.61 Å². The number of nitrogens with zero attached hydrogens (tertiary/aromatic N) is 2. The van der Waals surface area contributed by atoms with Crippen LogP contribution in [0, 0.1) is 6.92 Å². The minimum Gasteiger partial charge on any atom is -0.395 e. The van der Waals surface area contributed by atoms with Crippen LogP contribution in [-0.4, -0.2) is 28.2 Å². The molecule has 0 unspecified atom stereocenters. The van der Waals surface area contributed by atoms with E-state index >= 15 is 0 Å². The van der Waals surface area contributed by atoms with Crippen molar-refractivity contribution in [1.82, 2.24) is 9.97 Å². The molecule has 0 radical (unpaired) electrons. The van der Waals surface area contributed by atoms with Gasteiger partial charge in [0.25, 0.3) is 0 Å². The molecule has 4 heteroatoms. The second kappa shape index (κ2) is 5.89. The number of aromatic nitrogens is 2. The number of hydrogen-bond acceptors (Lipinski definition) is 4. The molecular formula is C17H17N3O. The maximum atomic E-state index is 9.02. The molecule has 1 aromatic heterocycles. The number of anilines is 1. The molecule has 4 nitrogen and oxygen atoms in total. The lowest BCUT2D eigenvalue weighted by Gasteiger charge is -2.10. The van der Waals surface area contributed by atoms with Gasteiger partial charge in [-0.15, -0.1) is 0 Å². The van der Waals surface area contributed by atoms with Crippen molar-refractivity contribution in [1.29, 1.82) is 0 Å². The molecule has 2 N–H and O–H groups in total. The average Bonchev–Trinajstić information content (AvgIpc) is 2.52. The second-order valence-corrected chi connectivity index (χ2v) is 4.93. The third-order valence-corrected chi connectivity index (χ3v) is 3.28. The molecule has 0 aliphatic carbocycles. The largest absolute Gasteiger partial charge is 0.395 e. The zero-order valence-corrected chi connectivity index (χ0v) is 11.9. The van der Waals surface area contributed by atoms with Crippen molar-refractivity contribution in [3.8, 4) is 11.4 Å². The van der Waals surface area contributed by atoms with Crippen LogP contribution in [0.5, 0.6) is 0 Å². The minimum atomic E-state index is 0.0676. The summed E-state index contributed by atoms with van der Waals surface area (Å²) < 4.78 is 0. The topological polar surface area (TPSA) is 58.0 Å². The Hall–Kier alpha value is -2.46.